The molecule has 0 aromatic carbocycles. The second-order valence-electron chi connectivity index (χ2n) is 16.0. The van der Waals surface area contributed by atoms with Crippen molar-refractivity contribution < 1.29 is 28.6 Å². The predicted molar refractivity (Wildman–Crippen MR) is 251 cm³/mol. The number of carbonyl (C=O) groups is 3. The Kier molecular flexibility index (Phi) is 45.0. The van der Waals surface area contributed by atoms with Crippen LogP contribution in [0.5, 0.6) is 0 Å². The third kappa shape index (κ3) is 45.8. The average Bonchev–Trinajstić information content (AvgIpc) is 3.23. The smallest absolute Gasteiger partial charge is 0.306 e. The van der Waals surface area contributed by atoms with E-state index in [-0.39, 0.29) is 31.1 Å². The van der Waals surface area contributed by atoms with Crippen molar-refractivity contribution in [3.63, 3.8) is 0 Å². The molecule has 0 N–H and O–H groups in total. The summed E-state index contributed by atoms with van der Waals surface area (Å²) >= 11 is 0. The van der Waals surface area contributed by atoms with E-state index < -0.39 is 6.10 Å². The summed E-state index contributed by atoms with van der Waals surface area (Å²) in [5.41, 5.74) is 0. The number of unbranched alkanes of at least 4 members (excludes halogenated alkanes) is 22. The molecule has 0 radical (unpaired) electrons. The summed E-state index contributed by atoms with van der Waals surface area (Å²) in [7, 11) is 0. The first-order valence-corrected chi connectivity index (χ1v) is 24.5. The van der Waals surface area contributed by atoms with Gasteiger partial charge in [0.25, 0.3) is 0 Å². The maximum atomic E-state index is 12.7. The molecule has 0 aromatic heterocycles. The van der Waals surface area contributed by atoms with Gasteiger partial charge in [0, 0.05) is 19.3 Å². The summed E-state index contributed by atoms with van der Waals surface area (Å²) in [5, 5.41) is 0. The molecule has 0 fully saturated rings. The maximum absolute atomic E-state index is 12.7. The quantitative estimate of drug-likeness (QED) is 0.0200. The minimum Gasteiger partial charge on any atom is -0.462 e. The maximum Gasteiger partial charge on any atom is 0.306 e. The summed E-state index contributed by atoms with van der Waals surface area (Å²) in [6, 6.07) is 0. The first kappa shape index (κ1) is 55.9. The van der Waals surface area contributed by atoms with Crippen LogP contribution in [0.4, 0.5) is 0 Å². The van der Waals surface area contributed by atoms with Crippen molar-refractivity contribution in [3.8, 4) is 0 Å². The fraction of sp³-hybridized carbons (Fsp3) is 0.717. The Balaban J connectivity index is 4.42. The van der Waals surface area contributed by atoms with Crippen molar-refractivity contribution in [1.29, 1.82) is 0 Å². The van der Waals surface area contributed by atoms with E-state index in [9.17, 15) is 14.4 Å². The van der Waals surface area contributed by atoms with Crippen LogP contribution >= 0.6 is 0 Å². The first-order valence-electron chi connectivity index (χ1n) is 24.5. The highest BCUT2D eigenvalue weighted by Gasteiger charge is 2.19. The van der Waals surface area contributed by atoms with Crippen LogP contribution in [0.1, 0.15) is 226 Å². The molecule has 0 heterocycles. The summed E-state index contributed by atoms with van der Waals surface area (Å²) in [5.74, 6) is -0.940. The SMILES string of the molecule is CC/C=C\C/C=C\CCCCCCCC(=O)OC(COC(=O)CCCCCCC\C=C/C=C\C=C/CCCCCCC)COC(=O)CCCCCCC/C=C\CCCC. The number of hydrogen-bond donors (Lipinski definition) is 0. The molecule has 1 atom stereocenters. The van der Waals surface area contributed by atoms with E-state index in [1.807, 2.05) is 0 Å². The van der Waals surface area contributed by atoms with E-state index in [1.165, 1.54) is 64.2 Å². The van der Waals surface area contributed by atoms with Gasteiger partial charge >= 0.3 is 17.9 Å². The minimum atomic E-state index is -0.793. The zero-order valence-electron chi connectivity index (χ0n) is 38.5. The van der Waals surface area contributed by atoms with Crippen LogP contribution in [0.2, 0.25) is 0 Å². The van der Waals surface area contributed by atoms with Gasteiger partial charge in [-0.2, -0.15) is 0 Å². The number of esters is 3. The van der Waals surface area contributed by atoms with Crippen molar-refractivity contribution in [2.75, 3.05) is 13.2 Å². The molecular formula is C53H90O6. The molecule has 338 valence electrons. The molecule has 0 rings (SSSR count). The van der Waals surface area contributed by atoms with Crippen LogP contribution in [-0.2, 0) is 28.6 Å². The molecule has 0 bridgehead atoms. The Labute approximate surface area is 363 Å². The Morgan fingerprint density at radius 2 is 0.746 bits per heavy atom. The van der Waals surface area contributed by atoms with E-state index >= 15 is 0 Å². The van der Waals surface area contributed by atoms with Gasteiger partial charge in [0.1, 0.15) is 13.2 Å². The Bertz CT molecular complexity index is 1130. The highest BCUT2D eigenvalue weighted by Crippen LogP contribution is 2.13. The number of hydrogen-bond acceptors (Lipinski definition) is 6. The van der Waals surface area contributed by atoms with Crippen molar-refractivity contribution in [2.45, 2.75) is 232 Å². The standard InChI is InChI=1S/C53H90O6/c1-4-7-10-13-16-19-22-24-25-26-27-28-29-32-34-37-40-43-46-52(55)58-49-50(48-57-51(54)45-42-39-36-33-30-21-18-15-12-9-6-3)59-53(56)47-44-41-38-35-31-23-20-17-14-11-8-5-2/h8,11,15,17-18,20,22,24-28,50H,4-7,9-10,12-14,16,19,21,23,29-49H2,1-3H3/b11-8-,18-15-,20-17-,24-22-,26-25-,28-27-. The zero-order valence-corrected chi connectivity index (χ0v) is 38.5. The van der Waals surface area contributed by atoms with Crippen LogP contribution in [0.15, 0.2) is 72.9 Å². The molecule has 0 aromatic rings. The molecule has 6 nitrogen and oxygen atoms in total. The van der Waals surface area contributed by atoms with Crippen LogP contribution in [0.25, 0.3) is 0 Å². The summed E-state index contributed by atoms with van der Waals surface area (Å²) in [6.45, 7) is 6.42. The molecule has 0 saturated carbocycles. The van der Waals surface area contributed by atoms with E-state index in [0.717, 1.165) is 122 Å². The van der Waals surface area contributed by atoms with E-state index in [0.29, 0.717) is 19.3 Å². The molecule has 1 unspecified atom stereocenters. The Hall–Kier alpha value is -3.15. The number of allylic oxidation sites excluding steroid dienone is 12. The third-order valence-electron chi connectivity index (χ3n) is 10.2. The van der Waals surface area contributed by atoms with E-state index in [4.69, 9.17) is 14.2 Å². The van der Waals surface area contributed by atoms with Gasteiger partial charge in [-0.15, -0.1) is 0 Å². The second kappa shape index (κ2) is 47.5. The normalized spacial score (nSPS) is 12.7. The lowest BCUT2D eigenvalue weighted by Crippen LogP contribution is -2.30. The van der Waals surface area contributed by atoms with Gasteiger partial charge in [-0.1, -0.05) is 190 Å². The lowest BCUT2D eigenvalue weighted by molar-refractivity contribution is -0.167. The van der Waals surface area contributed by atoms with Gasteiger partial charge in [-0.3, -0.25) is 14.4 Å². The van der Waals surface area contributed by atoms with Gasteiger partial charge in [0.05, 0.1) is 0 Å². The monoisotopic (exact) mass is 823 g/mol. The molecular weight excluding hydrogens is 733 g/mol. The highest BCUT2D eigenvalue weighted by atomic mass is 16.6. The molecule has 59 heavy (non-hydrogen) atoms. The topological polar surface area (TPSA) is 78.9 Å². The average molecular weight is 823 g/mol. The molecule has 6 heteroatoms. The minimum absolute atomic E-state index is 0.0932. The molecule has 0 saturated heterocycles. The van der Waals surface area contributed by atoms with Gasteiger partial charge in [0.2, 0.25) is 0 Å². The van der Waals surface area contributed by atoms with Gasteiger partial charge in [-0.25, -0.2) is 0 Å². The van der Waals surface area contributed by atoms with Crippen molar-refractivity contribution in [3.05, 3.63) is 72.9 Å². The summed E-state index contributed by atoms with van der Waals surface area (Å²) in [6.07, 6.45) is 58.8. The Morgan fingerprint density at radius 3 is 1.22 bits per heavy atom. The van der Waals surface area contributed by atoms with Crippen LogP contribution in [0.3, 0.4) is 0 Å². The lowest BCUT2D eigenvalue weighted by Gasteiger charge is -2.18. The Morgan fingerprint density at radius 1 is 0.373 bits per heavy atom. The van der Waals surface area contributed by atoms with Gasteiger partial charge in [-0.05, 0) is 89.9 Å². The number of rotatable bonds is 43. The van der Waals surface area contributed by atoms with Crippen molar-refractivity contribution in [1.82, 2.24) is 0 Å². The molecule has 0 aliphatic rings. The largest absolute Gasteiger partial charge is 0.462 e. The van der Waals surface area contributed by atoms with Gasteiger partial charge < -0.3 is 14.2 Å². The lowest BCUT2D eigenvalue weighted by atomic mass is 10.1. The number of carbonyl (C=O) groups excluding carboxylic acids is 3. The third-order valence-corrected chi connectivity index (χ3v) is 10.2. The van der Waals surface area contributed by atoms with Crippen molar-refractivity contribution in [2.24, 2.45) is 0 Å². The zero-order chi connectivity index (χ0) is 43.0. The number of ether oxygens (including phenoxy) is 3. The molecule has 0 amide bonds. The molecule has 0 aliphatic carbocycles. The second-order valence-corrected chi connectivity index (χ2v) is 16.0. The van der Waals surface area contributed by atoms with E-state index in [2.05, 4.69) is 93.7 Å². The van der Waals surface area contributed by atoms with Crippen LogP contribution in [-0.4, -0.2) is 37.2 Å². The first-order chi connectivity index (χ1) is 29.0. The van der Waals surface area contributed by atoms with Gasteiger partial charge in [0.15, 0.2) is 6.10 Å². The fourth-order valence-electron chi connectivity index (χ4n) is 6.52. The van der Waals surface area contributed by atoms with Crippen LogP contribution in [0, 0.1) is 0 Å². The summed E-state index contributed by atoms with van der Waals surface area (Å²) < 4.78 is 16.7. The highest BCUT2D eigenvalue weighted by molar-refractivity contribution is 5.71. The predicted octanol–water partition coefficient (Wildman–Crippen LogP) is 15.9. The fourth-order valence-corrected chi connectivity index (χ4v) is 6.52. The molecule has 0 spiro atoms. The molecule has 0 aliphatic heterocycles. The summed E-state index contributed by atoms with van der Waals surface area (Å²) in [4.78, 5) is 37.8. The van der Waals surface area contributed by atoms with Crippen molar-refractivity contribution >= 4 is 17.9 Å². The van der Waals surface area contributed by atoms with Crippen LogP contribution < -0.4 is 0 Å². The van der Waals surface area contributed by atoms with E-state index in [1.54, 1.807) is 0 Å².